The first-order valence-electron chi connectivity index (χ1n) is 7.54. The normalized spacial score (nSPS) is 16.7. The van der Waals surface area contributed by atoms with E-state index in [0.717, 1.165) is 17.4 Å². The van der Waals surface area contributed by atoms with E-state index in [2.05, 4.69) is 15.5 Å². The molecule has 2 aromatic rings. The van der Waals surface area contributed by atoms with E-state index in [1.54, 1.807) is 48.6 Å². The van der Waals surface area contributed by atoms with Crippen molar-refractivity contribution in [3.63, 3.8) is 0 Å². The van der Waals surface area contributed by atoms with Gasteiger partial charge < -0.3 is 0 Å². The third kappa shape index (κ3) is 3.85. The molecular formula is C19H13ClN2O3S. The van der Waals surface area contributed by atoms with Crippen LogP contribution in [0, 0.1) is 11.3 Å². The van der Waals surface area contributed by atoms with E-state index in [0.29, 0.717) is 27.4 Å². The summed E-state index contributed by atoms with van der Waals surface area (Å²) in [6.45, 7) is 0. The molecule has 0 amide bonds. The van der Waals surface area contributed by atoms with Gasteiger partial charge in [0.05, 0.1) is 11.8 Å². The van der Waals surface area contributed by atoms with Gasteiger partial charge in [-0.25, -0.2) is 0 Å². The maximum atomic E-state index is 11.2. The van der Waals surface area contributed by atoms with Crippen molar-refractivity contribution in [3.05, 3.63) is 82.4 Å². The second-order valence-corrected chi connectivity index (χ2v) is 7.54. The van der Waals surface area contributed by atoms with Crippen molar-refractivity contribution in [1.82, 2.24) is 0 Å². The molecule has 0 N–H and O–H groups in total. The summed E-state index contributed by atoms with van der Waals surface area (Å²) in [5.74, 6) is 0. The molecule has 0 fully saturated rings. The lowest BCUT2D eigenvalue weighted by Crippen LogP contribution is -2.09. The lowest BCUT2D eigenvalue weighted by Gasteiger charge is -2.17. The number of benzene rings is 2. The van der Waals surface area contributed by atoms with Crippen molar-refractivity contribution in [3.8, 4) is 6.07 Å². The number of fused-ring (bicyclic) bond motifs is 1. The van der Waals surface area contributed by atoms with Crippen molar-refractivity contribution in [2.75, 3.05) is 6.26 Å². The first kappa shape index (κ1) is 17.9. The highest BCUT2D eigenvalue weighted by Crippen LogP contribution is 2.33. The van der Waals surface area contributed by atoms with Crippen LogP contribution in [0.3, 0.4) is 0 Å². The summed E-state index contributed by atoms with van der Waals surface area (Å²) in [6, 6.07) is 16.5. The monoisotopic (exact) mass is 384 g/mol. The van der Waals surface area contributed by atoms with E-state index >= 15 is 0 Å². The van der Waals surface area contributed by atoms with Gasteiger partial charge in [-0.05, 0) is 29.3 Å². The van der Waals surface area contributed by atoms with Crippen LogP contribution in [0.5, 0.6) is 0 Å². The minimum absolute atomic E-state index is 0.364. The zero-order valence-corrected chi connectivity index (χ0v) is 15.3. The summed E-state index contributed by atoms with van der Waals surface area (Å²) in [4.78, 5) is 0. The van der Waals surface area contributed by atoms with Crippen LogP contribution in [0.2, 0.25) is 5.02 Å². The lowest BCUT2D eigenvalue weighted by atomic mass is 9.87. The predicted molar refractivity (Wildman–Crippen MR) is 102 cm³/mol. The Balaban J connectivity index is 2.17. The fourth-order valence-electron chi connectivity index (χ4n) is 2.59. The Bertz CT molecular complexity index is 1090. The first-order valence-corrected chi connectivity index (χ1v) is 9.73. The molecule has 0 unspecified atom stereocenters. The molecule has 0 aromatic heterocycles. The highest BCUT2D eigenvalue weighted by Gasteiger charge is 2.19. The molecule has 0 bridgehead atoms. The molecule has 0 saturated carbocycles. The zero-order chi connectivity index (χ0) is 18.7. The van der Waals surface area contributed by atoms with Crippen LogP contribution >= 0.6 is 11.6 Å². The third-order valence-electron chi connectivity index (χ3n) is 3.69. The van der Waals surface area contributed by atoms with E-state index in [1.165, 1.54) is 0 Å². The van der Waals surface area contributed by atoms with E-state index in [1.807, 2.05) is 12.1 Å². The minimum atomic E-state index is -3.71. The molecule has 3 rings (SSSR count). The van der Waals surface area contributed by atoms with Gasteiger partial charge in [-0.3, -0.25) is 4.28 Å². The number of halogens is 1. The predicted octanol–water partition coefficient (Wildman–Crippen LogP) is 4.02. The van der Waals surface area contributed by atoms with E-state index in [9.17, 15) is 13.7 Å². The number of nitrogens with zero attached hydrogens (tertiary/aromatic N) is 2. The molecule has 7 heteroatoms. The molecule has 2 aromatic carbocycles. The Morgan fingerprint density at radius 2 is 1.73 bits per heavy atom. The van der Waals surface area contributed by atoms with E-state index in [4.69, 9.17) is 11.6 Å². The van der Waals surface area contributed by atoms with Crippen LogP contribution in [0.15, 0.2) is 65.8 Å². The average molecular weight is 385 g/mol. The molecule has 1 aliphatic rings. The van der Waals surface area contributed by atoms with Crippen LogP contribution in [-0.4, -0.2) is 20.4 Å². The largest absolute Gasteiger partial charge is 0.325 e. The Kier molecular flexibility index (Phi) is 4.94. The maximum Gasteiger partial charge on any atom is 0.325 e. The summed E-state index contributed by atoms with van der Waals surface area (Å²) < 4.78 is 27.0. The average Bonchev–Trinajstić information content (AvgIpc) is 2.62. The van der Waals surface area contributed by atoms with Crippen LogP contribution in [-0.2, 0) is 14.4 Å². The lowest BCUT2D eigenvalue weighted by molar-refractivity contribution is 0.343. The molecular weight excluding hydrogens is 372 g/mol. The Morgan fingerprint density at radius 1 is 1.08 bits per heavy atom. The van der Waals surface area contributed by atoms with E-state index < -0.39 is 10.1 Å². The Hall–Kier alpha value is -2.88. The molecule has 0 aliphatic heterocycles. The van der Waals surface area contributed by atoms with Gasteiger partial charge in [-0.1, -0.05) is 59.2 Å². The SMILES string of the molecule is CS(=O)(=O)O/N=C1C=C/C(=C(/C#N)c2ccc(Cl)cc2)c2ccccc2/1. The van der Waals surface area contributed by atoms with Crippen LogP contribution in [0.4, 0.5) is 0 Å². The number of hydrogen-bond acceptors (Lipinski definition) is 5. The summed E-state index contributed by atoms with van der Waals surface area (Å²) >= 11 is 5.93. The molecule has 0 radical (unpaired) electrons. The van der Waals surface area contributed by atoms with Crippen LogP contribution < -0.4 is 0 Å². The van der Waals surface area contributed by atoms with Crippen LogP contribution in [0.25, 0.3) is 11.1 Å². The zero-order valence-electron chi connectivity index (χ0n) is 13.7. The fraction of sp³-hybridized carbons (Fsp3) is 0.0526. The Morgan fingerprint density at radius 3 is 2.35 bits per heavy atom. The standard InChI is InChI=1S/C19H13ClN2O3S/c1-26(23,24)25-22-19-11-10-16(15-4-2-3-5-17(15)19)18(12-21)13-6-8-14(20)9-7-13/h2-11H,1H3/b18-16+,22-19-. The second kappa shape index (κ2) is 7.16. The van der Waals surface area contributed by atoms with Crippen molar-refractivity contribution in [2.45, 2.75) is 0 Å². The van der Waals surface area contributed by atoms with Crippen molar-refractivity contribution in [2.24, 2.45) is 5.16 Å². The van der Waals surface area contributed by atoms with Crippen molar-refractivity contribution in [1.29, 1.82) is 5.26 Å². The topological polar surface area (TPSA) is 79.5 Å². The highest BCUT2D eigenvalue weighted by atomic mass is 35.5. The molecule has 1 aliphatic carbocycles. The summed E-state index contributed by atoms with van der Waals surface area (Å²) in [5, 5.41) is 14.0. The van der Waals surface area contributed by atoms with Gasteiger partial charge in [0.2, 0.25) is 0 Å². The summed E-state index contributed by atoms with van der Waals surface area (Å²) in [7, 11) is -3.71. The summed E-state index contributed by atoms with van der Waals surface area (Å²) in [6.07, 6.45) is 4.27. The van der Waals surface area contributed by atoms with Crippen molar-refractivity contribution < 1.29 is 12.7 Å². The van der Waals surface area contributed by atoms with Gasteiger partial charge in [0, 0.05) is 16.2 Å². The fourth-order valence-corrected chi connectivity index (χ4v) is 2.93. The smallest absolute Gasteiger partial charge is 0.268 e. The number of allylic oxidation sites excluding steroid dienone is 4. The molecule has 26 heavy (non-hydrogen) atoms. The van der Waals surface area contributed by atoms with Gasteiger partial charge in [0.15, 0.2) is 0 Å². The van der Waals surface area contributed by atoms with Gasteiger partial charge >= 0.3 is 10.1 Å². The second-order valence-electron chi connectivity index (χ2n) is 5.54. The minimum Gasteiger partial charge on any atom is -0.268 e. The molecule has 0 atom stereocenters. The molecule has 0 saturated heterocycles. The molecule has 0 heterocycles. The van der Waals surface area contributed by atoms with Crippen molar-refractivity contribution >= 4 is 38.6 Å². The maximum absolute atomic E-state index is 11.2. The van der Waals surface area contributed by atoms with Gasteiger partial charge in [0.1, 0.15) is 11.8 Å². The molecule has 5 nitrogen and oxygen atoms in total. The highest BCUT2D eigenvalue weighted by molar-refractivity contribution is 7.85. The Labute approximate surface area is 156 Å². The number of nitriles is 1. The number of hydrogen-bond donors (Lipinski definition) is 0. The summed E-state index contributed by atoms with van der Waals surface area (Å²) in [5.41, 5.74) is 3.73. The third-order valence-corrected chi connectivity index (χ3v) is 4.28. The molecule has 130 valence electrons. The molecule has 0 spiro atoms. The first-order chi connectivity index (χ1) is 12.4. The number of oxime groups is 1. The van der Waals surface area contributed by atoms with Crippen LogP contribution in [0.1, 0.15) is 16.7 Å². The quantitative estimate of drug-likeness (QED) is 0.591. The van der Waals surface area contributed by atoms with Gasteiger partial charge in [0.25, 0.3) is 0 Å². The van der Waals surface area contributed by atoms with Gasteiger partial charge in [-0.15, -0.1) is 0 Å². The number of rotatable bonds is 3. The van der Waals surface area contributed by atoms with Gasteiger partial charge in [-0.2, -0.15) is 13.7 Å². The van der Waals surface area contributed by atoms with E-state index in [-0.39, 0.29) is 0 Å².